The lowest BCUT2D eigenvalue weighted by atomic mass is 9.93. The molecule has 0 saturated carbocycles. The van der Waals surface area contributed by atoms with Crippen molar-refractivity contribution in [1.82, 2.24) is 24.6 Å². The number of rotatable bonds is 7. The predicted octanol–water partition coefficient (Wildman–Crippen LogP) is 2.21. The SMILES string of the molecule is CN(C)c1ncc(-c2cccc(C(N)=O)c2)c([C@@H]2CCCCN2CC(=O)Nc2ccn(C)n2)n1. The zero-order valence-corrected chi connectivity index (χ0v) is 19.7. The van der Waals surface area contributed by atoms with Crippen LogP contribution in [0, 0.1) is 0 Å². The summed E-state index contributed by atoms with van der Waals surface area (Å²) in [4.78, 5) is 38.0. The molecule has 34 heavy (non-hydrogen) atoms. The average Bonchev–Trinajstić information content (AvgIpc) is 3.23. The Labute approximate surface area is 198 Å². The number of likely N-dealkylation sites (tertiary alicyclic amines) is 1. The van der Waals surface area contributed by atoms with Crippen LogP contribution in [0.15, 0.2) is 42.7 Å². The van der Waals surface area contributed by atoms with Gasteiger partial charge >= 0.3 is 0 Å². The molecule has 2 amide bonds. The number of nitrogens with one attached hydrogen (secondary N) is 1. The third kappa shape index (κ3) is 5.23. The topological polar surface area (TPSA) is 122 Å². The van der Waals surface area contributed by atoms with Gasteiger partial charge in [-0.3, -0.25) is 19.2 Å². The molecule has 2 aromatic heterocycles. The standard InChI is InChI=1S/C24H30N8O2/c1-30(2)24-26-14-18(16-7-6-8-17(13-16)23(25)34)22(28-24)19-9-4-5-11-32(19)15-21(33)27-20-10-12-31(3)29-20/h6-8,10,12-14,19H,4-5,9,11,15H2,1-3H3,(H2,25,34)(H,27,29,33)/t19-/m0/s1. The van der Waals surface area contributed by atoms with Gasteiger partial charge in [0.2, 0.25) is 17.8 Å². The fourth-order valence-electron chi connectivity index (χ4n) is 4.26. The number of nitrogens with zero attached hydrogens (tertiary/aromatic N) is 6. The minimum atomic E-state index is -0.486. The molecule has 10 heteroatoms. The van der Waals surface area contributed by atoms with Crippen LogP contribution in [0.3, 0.4) is 0 Å². The van der Waals surface area contributed by atoms with E-state index < -0.39 is 5.91 Å². The number of anilines is 2. The van der Waals surface area contributed by atoms with E-state index in [1.165, 1.54) is 0 Å². The minimum absolute atomic E-state index is 0.0721. The Kier molecular flexibility index (Phi) is 6.87. The molecule has 1 fully saturated rings. The van der Waals surface area contributed by atoms with Gasteiger partial charge in [-0.15, -0.1) is 0 Å². The predicted molar refractivity (Wildman–Crippen MR) is 130 cm³/mol. The maximum absolute atomic E-state index is 12.8. The Balaban J connectivity index is 1.68. The molecular weight excluding hydrogens is 432 g/mol. The molecular formula is C24H30N8O2. The van der Waals surface area contributed by atoms with Crippen molar-refractivity contribution in [3.63, 3.8) is 0 Å². The van der Waals surface area contributed by atoms with E-state index in [1.807, 2.05) is 32.1 Å². The number of piperidine rings is 1. The number of aryl methyl sites for hydroxylation is 1. The lowest BCUT2D eigenvalue weighted by Crippen LogP contribution is -2.40. The normalized spacial score (nSPS) is 16.3. The quantitative estimate of drug-likeness (QED) is 0.552. The largest absolute Gasteiger partial charge is 0.366 e. The maximum Gasteiger partial charge on any atom is 0.248 e. The van der Waals surface area contributed by atoms with E-state index >= 15 is 0 Å². The number of nitrogens with two attached hydrogens (primary N) is 1. The number of carbonyl (C=O) groups is 2. The fraction of sp³-hybridized carbons (Fsp3) is 0.375. The molecule has 0 unspecified atom stereocenters. The average molecular weight is 463 g/mol. The van der Waals surface area contributed by atoms with Gasteiger partial charge in [0.15, 0.2) is 5.82 Å². The highest BCUT2D eigenvalue weighted by Crippen LogP contribution is 2.36. The number of hydrogen-bond acceptors (Lipinski definition) is 7. The van der Waals surface area contributed by atoms with E-state index in [0.717, 1.165) is 42.6 Å². The molecule has 1 aromatic carbocycles. The van der Waals surface area contributed by atoms with Crippen LogP contribution in [0.2, 0.25) is 0 Å². The monoisotopic (exact) mass is 462 g/mol. The Morgan fingerprint density at radius 2 is 2.06 bits per heavy atom. The van der Waals surface area contributed by atoms with E-state index in [0.29, 0.717) is 17.3 Å². The molecule has 3 heterocycles. The molecule has 1 saturated heterocycles. The summed E-state index contributed by atoms with van der Waals surface area (Å²) in [5, 5.41) is 7.10. The highest BCUT2D eigenvalue weighted by molar-refractivity contribution is 5.94. The number of hydrogen-bond donors (Lipinski definition) is 2. The van der Waals surface area contributed by atoms with Gasteiger partial charge in [-0.2, -0.15) is 5.10 Å². The zero-order valence-electron chi connectivity index (χ0n) is 19.7. The van der Waals surface area contributed by atoms with Gasteiger partial charge < -0.3 is 16.0 Å². The summed E-state index contributed by atoms with van der Waals surface area (Å²) in [6, 6.07) is 8.87. The molecule has 0 bridgehead atoms. The number of amides is 2. The zero-order chi connectivity index (χ0) is 24.2. The van der Waals surface area contributed by atoms with Crippen molar-refractivity contribution in [2.45, 2.75) is 25.3 Å². The number of aromatic nitrogens is 4. The fourth-order valence-corrected chi connectivity index (χ4v) is 4.26. The van der Waals surface area contributed by atoms with Gasteiger partial charge in [-0.25, -0.2) is 9.97 Å². The first-order valence-electron chi connectivity index (χ1n) is 11.3. The summed E-state index contributed by atoms with van der Waals surface area (Å²) < 4.78 is 1.65. The second kappa shape index (κ2) is 10.0. The molecule has 1 aliphatic heterocycles. The third-order valence-corrected chi connectivity index (χ3v) is 5.92. The lowest BCUT2D eigenvalue weighted by Gasteiger charge is -2.36. The van der Waals surface area contributed by atoms with E-state index in [9.17, 15) is 9.59 Å². The van der Waals surface area contributed by atoms with Crippen LogP contribution >= 0.6 is 0 Å². The van der Waals surface area contributed by atoms with Gasteiger partial charge in [-0.05, 0) is 37.1 Å². The van der Waals surface area contributed by atoms with E-state index in [1.54, 1.807) is 41.3 Å². The van der Waals surface area contributed by atoms with Gasteiger partial charge in [-0.1, -0.05) is 18.6 Å². The molecule has 0 radical (unpaired) electrons. The van der Waals surface area contributed by atoms with Crippen LogP contribution in [-0.2, 0) is 11.8 Å². The van der Waals surface area contributed by atoms with Crippen LogP contribution in [0.25, 0.3) is 11.1 Å². The van der Waals surface area contributed by atoms with Crippen LogP contribution in [0.4, 0.5) is 11.8 Å². The summed E-state index contributed by atoms with van der Waals surface area (Å²) >= 11 is 0. The van der Waals surface area contributed by atoms with Crippen molar-refractivity contribution in [3.8, 4) is 11.1 Å². The Morgan fingerprint density at radius 3 is 2.76 bits per heavy atom. The van der Waals surface area contributed by atoms with Crippen LogP contribution in [0.5, 0.6) is 0 Å². The molecule has 1 atom stereocenters. The molecule has 1 aliphatic rings. The van der Waals surface area contributed by atoms with Crippen LogP contribution in [0.1, 0.15) is 41.4 Å². The van der Waals surface area contributed by atoms with E-state index in [-0.39, 0.29) is 18.5 Å². The smallest absolute Gasteiger partial charge is 0.248 e. The van der Waals surface area contributed by atoms with Gasteiger partial charge in [0.1, 0.15) is 0 Å². The van der Waals surface area contributed by atoms with Gasteiger partial charge in [0, 0.05) is 50.7 Å². The summed E-state index contributed by atoms with van der Waals surface area (Å²) in [7, 11) is 5.60. The Morgan fingerprint density at radius 1 is 1.24 bits per heavy atom. The molecule has 178 valence electrons. The van der Waals surface area contributed by atoms with Crippen molar-refractivity contribution in [2.24, 2.45) is 12.8 Å². The lowest BCUT2D eigenvalue weighted by molar-refractivity contribution is -0.118. The second-order valence-electron chi connectivity index (χ2n) is 8.71. The van der Waals surface area contributed by atoms with Crippen molar-refractivity contribution in [1.29, 1.82) is 0 Å². The first-order chi connectivity index (χ1) is 16.3. The van der Waals surface area contributed by atoms with E-state index in [2.05, 4.69) is 20.3 Å². The molecule has 0 spiro atoms. The minimum Gasteiger partial charge on any atom is -0.366 e. The molecule has 0 aliphatic carbocycles. The highest BCUT2D eigenvalue weighted by Gasteiger charge is 2.30. The first-order valence-corrected chi connectivity index (χ1v) is 11.3. The summed E-state index contributed by atoms with van der Waals surface area (Å²) in [5.74, 6) is 0.514. The molecule has 4 rings (SSSR count). The number of primary amides is 1. The highest BCUT2D eigenvalue weighted by atomic mass is 16.2. The van der Waals surface area contributed by atoms with Crippen LogP contribution < -0.4 is 16.0 Å². The first kappa shape index (κ1) is 23.4. The maximum atomic E-state index is 12.8. The number of benzene rings is 1. The third-order valence-electron chi connectivity index (χ3n) is 5.92. The van der Waals surface area contributed by atoms with Crippen molar-refractivity contribution < 1.29 is 9.59 Å². The van der Waals surface area contributed by atoms with Crippen molar-refractivity contribution >= 4 is 23.6 Å². The molecule has 3 aromatic rings. The molecule has 3 N–H and O–H groups in total. The van der Waals surface area contributed by atoms with Crippen molar-refractivity contribution in [3.05, 3.63) is 54.0 Å². The summed E-state index contributed by atoms with van der Waals surface area (Å²) in [6.45, 7) is 1.01. The van der Waals surface area contributed by atoms with Crippen molar-refractivity contribution in [2.75, 3.05) is 37.4 Å². The second-order valence-corrected chi connectivity index (χ2v) is 8.71. The Hall–Kier alpha value is -3.79. The summed E-state index contributed by atoms with van der Waals surface area (Å²) in [5.41, 5.74) is 8.42. The van der Waals surface area contributed by atoms with Crippen LogP contribution in [-0.4, -0.2) is 63.6 Å². The molecule has 10 nitrogen and oxygen atoms in total. The summed E-state index contributed by atoms with van der Waals surface area (Å²) in [6.07, 6.45) is 6.48. The van der Waals surface area contributed by atoms with E-state index in [4.69, 9.17) is 10.7 Å². The number of carbonyl (C=O) groups excluding carboxylic acids is 2. The van der Waals surface area contributed by atoms with Gasteiger partial charge in [0.25, 0.3) is 0 Å². The Bertz CT molecular complexity index is 1190. The van der Waals surface area contributed by atoms with Gasteiger partial charge in [0.05, 0.1) is 18.3 Å².